The van der Waals surface area contributed by atoms with Crippen molar-refractivity contribution in [2.45, 2.75) is 18.3 Å². The van der Waals surface area contributed by atoms with Crippen molar-refractivity contribution in [1.29, 1.82) is 0 Å². The minimum absolute atomic E-state index is 0.0297. The number of rotatable bonds is 7. The van der Waals surface area contributed by atoms with E-state index in [4.69, 9.17) is 11.6 Å². The van der Waals surface area contributed by atoms with Crippen LogP contribution in [0, 0.1) is 11.6 Å². The van der Waals surface area contributed by atoms with Crippen molar-refractivity contribution in [2.75, 3.05) is 37.6 Å². The van der Waals surface area contributed by atoms with Gasteiger partial charge in [-0.3, -0.25) is 9.88 Å². The van der Waals surface area contributed by atoms with Gasteiger partial charge in [0, 0.05) is 61.8 Å². The molecule has 13 heteroatoms. The van der Waals surface area contributed by atoms with Crippen molar-refractivity contribution >= 4 is 17.3 Å². The summed E-state index contributed by atoms with van der Waals surface area (Å²) in [7, 11) is 0. The predicted molar refractivity (Wildman–Crippen MR) is 139 cm³/mol. The first-order chi connectivity index (χ1) is 19.0. The molecule has 0 saturated carbocycles. The van der Waals surface area contributed by atoms with Gasteiger partial charge < -0.3 is 10.0 Å². The van der Waals surface area contributed by atoms with E-state index in [1.54, 1.807) is 12.1 Å². The molecular weight excluding hydrogens is 555 g/mol. The van der Waals surface area contributed by atoms with Crippen LogP contribution in [0.5, 0.6) is 0 Å². The number of piperazine rings is 1. The van der Waals surface area contributed by atoms with Gasteiger partial charge in [0.25, 0.3) is 0 Å². The molecule has 2 aromatic carbocycles. The number of benzene rings is 2. The third-order valence-electron chi connectivity index (χ3n) is 6.85. The molecule has 40 heavy (non-hydrogen) atoms. The lowest BCUT2D eigenvalue weighted by atomic mass is 9.92. The molecule has 0 spiro atoms. The molecule has 4 aromatic rings. The topological polar surface area (TPSA) is 70.3 Å². The van der Waals surface area contributed by atoms with Gasteiger partial charge in [-0.05, 0) is 24.3 Å². The number of anilines is 1. The Kier molecular flexibility index (Phi) is 7.76. The highest BCUT2D eigenvalue weighted by Crippen LogP contribution is 2.35. The van der Waals surface area contributed by atoms with Crippen LogP contribution in [-0.2, 0) is 18.3 Å². The van der Waals surface area contributed by atoms with Gasteiger partial charge in [-0.25, -0.2) is 18.4 Å². The second-order valence-electron chi connectivity index (χ2n) is 9.61. The fraction of sp³-hybridized carbons (Fsp3) is 0.296. The maximum Gasteiger partial charge on any atom is 0.417 e. The lowest BCUT2D eigenvalue weighted by Crippen LogP contribution is -2.52. The minimum Gasteiger partial charge on any atom is -0.382 e. The van der Waals surface area contributed by atoms with Crippen molar-refractivity contribution in [1.82, 2.24) is 24.6 Å². The zero-order chi connectivity index (χ0) is 28.5. The highest BCUT2D eigenvalue weighted by Gasteiger charge is 2.36. The van der Waals surface area contributed by atoms with Crippen LogP contribution in [0.1, 0.15) is 11.1 Å². The predicted octanol–water partition coefficient (Wildman–Crippen LogP) is 5.00. The molecule has 1 aliphatic rings. The van der Waals surface area contributed by atoms with E-state index in [-0.39, 0.29) is 29.4 Å². The first kappa shape index (κ1) is 27.9. The van der Waals surface area contributed by atoms with Crippen molar-refractivity contribution in [2.24, 2.45) is 0 Å². The van der Waals surface area contributed by atoms with E-state index in [0.29, 0.717) is 31.7 Å². The Bertz CT molecular complexity index is 1460. The Morgan fingerprint density at radius 1 is 0.925 bits per heavy atom. The smallest absolute Gasteiger partial charge is 0.382 e. The number of pyridine rings is 1. The molecule has 210 valence electrons. The standard InChI is InChI=1S/C27H24ClF5N6O/c28-23-11-19(27(31,32)33)13-35-25(23)18-1-4-21(5-2-18)38-9-7-37(8-10-38)14-26(40,15-39-17-34-16-36-39)22-6-3-20(29)12-24(22)30/h1-6,11-13,16-17,40H,7-10,14-15H2. The Labute approximate surface area is 231 Å². The number of halogens is 6. The highest BCUT2D eigenvalue weighted by atomic mass is 35.5. The fourth-order valence-electron chi connectivity index (χ4n) is 4.84. The zero-order valence-electron chi connectivity index (χ0n) is 21.0. The number of β-amino-alcohol motifs (C(OH)–C–C–N with tert-alkyl or cyclic N) is 1. The Hall–Kier alpha value is -3.61. The van der Waals surface area contributed by atoms with Gasteiger partial charge in [-0.15, -0.1) is 0 Å². The van der Waals surface area contributed by atoms with Crippen LogP contribution >= 0.6 is 11.6 Å². The van der Waals surface area contributed by atoms with Crippen LogP contribution in [0.2, 0.25) is 5.02 Å². The SMILES string of the molecule is OC(CN1CCN(c2ccc(-c3ncc(C(F)(F)F)cc3Cl)cc2)CC1)(Cn1cncn1)c1ccc(F)cc1F. The molecular formula is C27H24ClF5N6O. The lowest BCUT2D eigenvalue weighted by molar-refractivity contribution is -0.137. The Morgan fingerprint density at radius 2 is 1.65 bits per heavy atom. The molecule has 1 atom stereocenters. The molecule has 7 nitrogen and oxygen atoms in total. The normalized spacial score (nSPS) is 16.2. The van der Waals surface area contributed by atoms with Crippen molar-refractivity contribution < 1.29 is 27.1 Å². The van der Waals surface area contributed by atoms with Gasteiger partial charge in [-0.1, -0.05) is 29.8 Å². The summed E-state index contributed by atoms with van der Waals surface area (Å²) in [6, 6.07) is 11.1. The lowest BCUT2D eigenvalue weighted by Gasteiger charge is -2.40. The average molecular weight is 579 g/mol. The van der Waals surface area contributed by atoms with Crippen LogP contribution in [0.3, 0.4) is 0 Å². The number of nitrogens with zero attached hydrogens (tertiary/aromatic N) is 6. The van der Waals surface area contributed by atoms with E-state index in [1.165, 1.54) is 23.4 Å². The van der Waals surface area contributed by atoms with Gasteiger partial charge in [-0.2, -0.15) is 18.3 Å². The van der Waals surface area contributed by atoms with Crippen LogP contribution in [0.25, 0.3) is 11.3 Å². The van der Waals surface area contributed by atoms with Crippen LogP contribution in [0.4, 0.5) is 27.6 Å². The first-order valence-corrected chi connectivity index (χ1v) is 12.7. The molecule has 1 N–H and O–H groups in total. The fourth-order valence-corrected chi connectivity index (χ4v) is 5.11. The largest absolute Gasteiger partial charge is 0.417 e. The molecule has 1 saturated heterocycles. The summed E-state index contributed by atoms with van der Waals surface area (Å²) in [6.45, 7) is 2.32. The van der Waals surface area contributed by atoms with E-state index >= 15 is 0 Å². The average Bonchev–Trinajstić information content (AvgIpc) is 3.41. The summed E-state index contributed by atoms with van der Waals surface area (Å²) in [5.74, 6) is -1.58. The molecule has 0 aliphatic carbocycles. The van der Waals surface area contributed by atoms with E-state index in [9.17, 15) is 27.1 Å². The molecule has 5 rings (SSSR count). The zero-order valence-corrected chi connectivity index (χ0v) is 21.7. The van der Waals surface area contributed by atoms with Crippen LogP contribution in [-0.4, -0.2) is 62.5 Å². The van der Waals surface area contributed by atoms with Crippen molar-refractivity contribution in [3.05, 3.63) is 95.2 Å². The molecule has 3 heterocycles. The molecule has 0 bridgehead atoms. The van der Waals surface area contributed by atoms with E-state index in [2.05, 4.69) is 20.0 Å². The first-order valence-electron chi connectivity index (χ1n) is 12.3. The Morgan fingerprint density at radius 3 is 2.25 bits per heavy atom. The summed E-state index contributed by atoms with van der Waals surface area (Å²) >= 11 is 6.08. The number of hydrogen-bond acceptors (Lipinski definition) is 6. The molecule has 1 fully saturated rings. The number of alkyl halides is 3. The van der Waals surface area contributed by atoms with Crippen LogP contribution in [0.15, 0.2) is 67.4 Å². The Balaban J connectivity index is 1.26. The third kappa shape index (κ3) is 6.08. The molecule has 0 radical (unpaired) electrons. The van der Waals surface area contributed by atoms with Gasteiger partial charge in [0.05, 0.1) is 22.8 Å². The molecule has 1 aliphatic heterocycles. The van der Waals surface area contributed by atoms with E-state index in [1.807, 2.05) is 17.0 Å². The maximum absolute atomic E-state index is 14.7. The quantitative estimate of drug-likeness (QED) is 0.311. The summed E-state index contributed by atoms with van der Waals surface area (Å²) in [5, 5.41) is 15.5. The van der Waals surface area contributed by atoms with Crippen molar-refractivity contribution in [3.8, 4) is 11.3 Å². The van der Waals surface area contributed by atoms with Crippen molar-refractivity contribution in [3.63, 3.8) is 0 Å². The highest BCUT2D eigenvalue weighted by molar-refractivity contribution is 6.33. The van der Waals surface area contributed by atoms with Crippen LogP contribution < -0.4 is 4.90 Å². The maximum atomic E-state index is 14.7. The van der Waals surface area contributed by atoms with E-state index in [0.717, 1.165) is 30.1 Å². The summed E-state index contributed by atoms with van der Waals surface area (Å²) in [6.07, 6.45) is -1.04. The molecule has 2 aromatic heterocycles. The third-order valence-corrected chi connectivity index (χ3v) is 7.14. The summed E-state index contributed by atoms with van der Waals surface area (Å²) in [5.41, 5.74) is -0.896. The number of hydrogen-bond donors (Lipinski definition) is 1. The van der Waals surface area contributed by atoms with Gasteiger partial charge >= 0.3 is 6.18 Å². The second kappa shape index (κ2) is 11.1. The monoisotopic (exact) mass is 578 g/mol. The second-order valence-corrected chi connectivity index (χ2v) is 10.0. The molecule has 1 unspecified atom stereocenters. The summed E-state index contributed by atoms with van der Waals surface area (Å²) < 4.78 is 68.5. The summed E-state index contributed by atoms with van der Waals surface area (Å²) in [4.78, 5) is 11.9. The minimum atomic E-state index is -4.53. The van der Waals surface area contributed by atoms with Gasteiger partial charge in [0.2, 0.25) is 0 Å². The number of aromatic nitrogens is 4. The van der Waals surface area contributed by atoms with E-state index < -0.39 is 29.0 Å². The molecule has 0 amide bonds. The van der Waals surface area contributed by atoms with Gasteiger partial charge in [0.15, 0.2) is 0 Å². The van der Waals surface area contributed by atoms with Gasteiger partial charge in [0.1, 0.15) is 29.9 Å². The number of aliphatic hydroxyl groups is 1.